The summed E-state index contributed by atoms with van der Waals surface area (Å²) in [7, 11) is 1.54. The first kappa shape index (κ1) is 19.8. The third-order valence-corrected chi connectivity index (χ3v) is 4.78. The minimum atomic E-state index is -0.828. The summed E-state index contributed by atoms with van der Waals surface area (Å²) in [6.07, 6.45) is 0. The number of nitrogens with one attached hydrogen (secondary N) is 1. The van der Waals surface area contributed by atoms with E-state index in [1.54, 1.807) is 24.3 Å². The second-order valence-electron chi connectivity index (χ2n) is 6.73. The van der Waals surface area contributed by atoms with Gasteiger partial charge in [0.2, 0.25) is 5.91 Å². The van der Waals surface area contributed by atoms with Gasteiger partial charge in [0.15, 0.2) is 17.2 Å². The maximum absolute atomic E-state index is 12.7. The van der Waals surface area contributed by atoms with Crippen LogP contribution in [0.2, 0.25) is 0 Å². The van der Waals surface area contributed by atoms with Crippen molar-refractivity contribution in [1.82, 2.24) is 19.5 Å². The van der Waals surface area contributed by atoms with Crippen molar-refractivity contribution in [2.45, 2.75) is 6.54 Å². The van der Waals surface area contributed by atoms with Crippen molar-refractivity contribution in [1.29, 1.82) is 0 Å². The largest absolute Gasteiger partial charge is 0.496 e. The summed E-state index contributed by atoms with van der Waals surface area (Å²) in [6, 6.07) is 13.6. The molecule has 0 saturated heterocycles. The number of H-pyrrole nitrogens is 1. The summed E-state index contributed by atoms with van der Waals surface area (Å²) in [4.78, 5) is 47.6. The van der Waals surface area contributed by atoms with Gasteiger partial charge in [-0.15, -0.1) is 0 Å². The predicted octanol–water partition coefficient (Wildman–Crippen LogP) is 1.04. The van der Waals surface area contributed by atoms with Gasteiger partial charge in [-0.1, -0.05) is 30.3 Å². The minimum Gasteiger partial charge on any atom is -0.496 e. The highest BCUT2D eigenvalue weighted by molar-refractivity contribution is 6.02. The first-order valence-electron chi connectivity index (χ1n) is 9.21. The van der Waals surface area contributed by atoms with Gasteiger partial charge in [0.25, 0.3) is 5.91 Å². The quantitative estimate of drug-likeness (QED) is 0.424. The third-order valence-electron chi connectivity index (χ3n) is 4.78. The number of nitrogens with zero attached hydrogens (tertiary/aromatic N) is 3. The number of primary amides is 2. The molecule has 0 aliphatic heterocycles. The summed E-state index contributed by atoms with van der Waals surface area (Å²) < 4.78 is 6.72. The number of carbonyl (C=O) groups is 2. The van der Waals surface area contributed by atoms with Crippen LogP contribution >= 0.6 is 0 Å². The molecule has 0 aliphatic carbocycles. The number of hydrogen-bond acceptors (Lipinski definition) is 6. The van der Waals surface area contributed by atoms with Gasteiger partial charge >= 0.3 is 5.69 Å². The van der Waals surface area contributed by atoms with Crippen LogP contribution in [0.4, 0.5) is 0 Å². The molecular weight excluding hydrogens is 400 g/mol. The Kier molecular flexibility index (Phi) is 4.96. The van der Waals surface area contributed by atoms with E-state index in [4.69, 9.17) is 16.2 Å². The molecule has 2 heterocycles. The first-order chi connectivity index (χ1) is 14.9. The number of hydrogen-bond donors (Lipinski definition) is 3. The predicted molar refractivity (Wildman–Crippen MR) is 113 cm³/mol. The Hall–Kier alpha value is -4.47. The molecule has 0 fully saturated rings. The number of carbonyl (C=O) groups excluding carboxylic acids is 2. The number of fused-ring (bicyclic) bond motifs is 1. The van der Waals surface area contributed by atoms with Crippen LogP contribution in [0.25, 0.3) is 22.6 Å². The van der Waals surface area contributed by atoms with Crippen molar-refractivity contribution in [3.05, 3.63) is 75.8 Å². The molecule has 2 amide bonds. The standard InChI is InChI=1S/C21H18N6O4/c1-31-14-8-3-2-5-13(14)10-27-20-16(25-21(27)30)15(18(23)29)24-19(26-20)12-7-4-6-11(9-12)17(22)28/h2-9H,10H2,1H3,(H2,22,28)(H2,23,29)(H,25,30). The fourth-order valence-corrected chi connectivity index (χ4v) is 3.30. The SMILES string of the molecule is COc1ccccc1Cn1c(=O)[nH]c2c(C(N)=O)nc(-c3cccc(C(N)=O)c3)nc21. The lowest BCUT2D eigenvalue weighted by atomic mass is 10.1. The molecule has 4 rings (SSSR count). The van der Waals surface area contributed by atoms with Gasteiger partial charge in [-0.25, -0.2) is 14.8 Å². The summed E-state index contributed by atoms with van der Waals surface area (Å²) >= 11 is 0. The zero-order chi connectivity index (χ0) is 22.1. The Morgan fingerprint density at radius 1 is 1.06 bits per heavy atom. The lowest BCUT2D eigenvalue weighted by molar-refractivity contribution is 0.0990. The summed E-state index contributed by atoms with van der Waals surface area (Å²) in [6.45, 7) is 0.138. The highest BCUT2D eigenvalue weighted by atomic mass is 16.5. The number of rotatable bonds is 6. The molecule has 156 valence electrons. The van der Waals surface area contributed by atoms with E-state index in [1.807, 2.05) is 18.2 Å². The van der Waals surface area contributed by atoms with Crippen LogP contribution in [0, 0.1) is 0 Å². The number of imidazole rings is 1. The normalized spacial score (nSPS) is 10.9. The van der Waals surface area contributed by atoms with Crippen molar-refractivity contribution in [2.24, 2.45) is 11.5 Å². The summed E-state index contributed by atoms with van der Waals surface area (Å²) in [5.41, 5.74) is 12.0. The zero-order valence-corrected chi connectivity index (χ0v) is 16.5. The number of nitrogens with two attached hydrogens (primary N) is 2. The smallest absolute Gasteiger partial charge is 0.328 e. The molecule has 0 atom stereocenters. The fraction of sp³-hybridized carbons (Fsp3) is 0.0952. The zero-order valence-electron chi connectivity index (χ0n) is 16.5. The molecule has 0 bridgehead atoms. The second-order valence-corrected chi connectivity index (χ2v) is 6.73. The maximum Gasteiger partial charge on any atom is 0.328 e. The molecule has 0 aliphatic rings. The van der Waals surface area contributed by atoms with Gasteiger partial charge in [-0.2, -0.15) is 0 Å². The molecule has 31 heavy (non-hydrogen) atoms. The minimum absolute atomic E-state index is 0.122. The van der Waals surface area contributed by atoms with E-state index in [0.29, 0.717) is 11.3 Å². The topological polar surface area (TPSA) is 159 Å². The third kappa shape index (κ3) is 3.62. The van der Waals surface area contributed by atoms with Gasteiger partial charge in [0.1, 0.15) is 11.3 Å². The molecular formula is C21H18N6O4. The molecule has 0 unspecified atom stereocenters. The Bertz CT molecular complexity index is 1390. The number of benzene rings is 2. The number of ether oxygens (including phenoxy) is 1. The van der Waals surface area contributed by atoms with Crippen molar-refractivity contribution in [3.63, 3.8) is 0 Å². The molecule has 10 nitrogen and oxygen atoms in total. The molecule has 5 N–H and O–H groups in total. The van der Waals surface area contributed by atoms with E-state index in [1.165, 1.54) is 17.7 Å². The Morgan fingerprint density at radius 3 is 2.55 bits per heavy atom. The van der Waals surface area contributed by atoms with Crippen LogP contribution in [0.3, 0.4) is 0 Å². The fourth-order valence-electron chi connectivity index (χ4n) is 3.30. The number of aromatic nitrogens is 4. The Balaban J connectivity index is 1.94. The van der Waals surface area contributed by atoms with Gasteiger partial charge in [-0.3, -0.25) is 14.2 Å². The van der Waals surface area contributed by atoms with Crippen LogP contribution in [0.5, 0.6) is 5.75 Å². The molecule has 0 radical (unpaired) electrons. The molecule has 2 aromatic carbocycles. The van der Waals surface area contributed by atoms with Crippen LogP contribution in [-0.2, 0) is 6.54 Å². The van der Waals surface area contributed by atoms with Gasteiger partial charge < -0.3 is 21.2 Å². The van der Waals surface area contributed by atoms with E-state index in [0.717, 1.165) is 5.56 Å². The van der Waals surface area contributed by atoms with Crippen LogP contribution in [0.1, 0.15) is 26.4 Å². The average Bonchev–Trinajstić information content (AvgIpc) is 3.08. The van der Waals surface area contributed by atoms with Gasteiger partial charge in [-0.05, 0) is 18.2 Å². The van der Waals surface area contributed by atoms with E-state index >= 15 is 0 Å². The van der Waals surface area contributed by atoms with Crippen LogP contribution in [0.15, 0.2) is 53.3 Å². The van der Waals surface area contributed by atoms with Crippen molar-refractivity contribution >= 4 is 23.0 Å². The highest BCUT2D eigenvalue weighted by Crippen LogP contribution is 2.23. The first-order valence-corrected chi connectivity index (χ1v) is 9.21. The second kappa shape index (κ2) is 7.75. The van der Waals surface area contributed by atoms with Gasteiger partial charge in [0, 0.05) is 16.7 Å². The Labute approximate surface area is 175 Å². The van der Waals surface area contributed by atoms with Crippen molar-refractivity contribution in [3.8, 4) is 17.1 Å². The van der Waals surface area contributed by atoms with Crippen LogP contribution < -0.4 is 21.9 Å². The van der Waals surface area contributed by atoms with Crippen molar-refractivity contribution < 1.29 is 14.3 Å². The van der Waals surface area contributed by atoms with Crippen LogP contribution in [-0.4, -0.2) is 38.4 Å². The number of methoxy groups -OCH3 is 1. The maximum atomic E-state index is 12.7. The number of amides is 2. The summed E-state index contributed by atoms with van der Waals surface area (Å²) in [5.74, 6) is -0.724. The monoisotopic (exact) mass is 418 g/mol. The number of para-hydroxylation sites is 1. The van der Waals surface area contributed by atoms with E-state index in [2.05, 4.69) is 15.0 Å². The molecule has 2 aromatic heterocycles. The Morgan fingerprint density at radius 2 is 1.84 bits per heavy atom. The molecule has 10 heteroatoms. The van der Waals surface area contributed by atoms with E-state index < -0.39 is 17.5 Å². The lowest BCUT2D eigenvalue weighted by Gasteiger charge is -2.10. The average molecular weight is 418 g/mol. The highest BCUT2D eigenvalue weighted by Gasteiger charge is 2.20. The lowest BCUT2D eigenvalue weighted by Crippen LogP contribution is -2.18. The molecule has 0 saturated carbocycles. The molecule has 0 spiro atoms. The summed E-state index contributed by atoms with van der Waals surface area (Å²) in [5, 5.41) is 0. The molecule has 4 aromatic rings. The number of aromatic amines is 1. The van der Waals surface area contributed by atoms with E-state index in [-0.39, 0.29) is 34.8 Å². The van der Waals surface area contributed by atoms with Crippen molar-refractivity contribution in [2.75, 3.05) is 7.11 Å². The van der Waals surface area contributed by atoms with E-state index in [9.17, 15) is 14.4 Å². The van der Waals surface area contributed by atoms with Gasteiger partial charge in [0.05, 0.1) is 13.7 Å².